The van der Waals surface area contributed by atoms with E-state index in [2.05, 4.69) is 21.4 Å². The number of benzene rings is 4. The lowest BCUT2D eigenvalue weighted by molar-refractivity contribution is -0.145. The third kappa shape index (κ3) is 8.25. The summed E-state index contributed by atoms with van der Waals surface area (Å²) in [5.74, 6) is 1.00. The Labute approximate surface area is 295 Å². The van der Waals surface area contributed by atoms with Gasteiger partial charge in [-0.05, 0) is 74.8 Å². The van der Waals surface area contributed by atoms with Crippen LogP contribution in [0.25, 0.3) is 11.0 Å². The molecule has 2 N–H and O–H groups in total. The third-order valence-electron chi connectivity index (χ3n) is 9.41. The minimum Gasteiger partial charge on any atom is -0.444 e. The van der Waals surface area contributed by atoms with Crippen LogP contribution in [0.3, 0.4) is 0 Å². The van der Waals surface area contributed by atoms with Gasteiger partial charge in [-0.2, -0.15) is 0 Å². The van der Waals surface area contributed by atoms with E-state index in [-0.39, 0.29) is 6.42 Å². The van der Waals surface area contributed by atoms with E-state index in [1.54, 1.807) is 20.8 Å². The number of rotatable bonds is 12. The minimum absolute atomic E-state index is 0.289. The van der Waals surface area contributed by atoms with Crippen LogP contribution in [0.2, 0.25) is 0 Å². The van der Waals surface area contributed by atoms with E-state index in [1.807, 2.05) is 109 Å². The van der Waals surface area contributed by atoms with Gasteiger partial charge in [0.25, 0.3) is 5.91 Å². The van der Waals surface area contributed by atoms with E-state index in [4.69, 9.17) is 14.6 Å². The Hall–Kier alpha value is -4.95. The molecule has 1 aliphatic carbocycles. The fraction of sp³-hybridized carbons (Fsp3) is 0.357. The van der Waals surface area contributed by atoms with Crippen molar-refractivity contribution in [2.24, 2.45) is 5.92 Å². The molecule has 6 rings (SSSR count). The topological polar surface area (TPSA) is 94.5 Å². The lowest BCUT2D eigenvalue weighted by Crippen LogP contribution is -2.50. The smallest absolute Gasteiger partial charge is 0.408 e. The number of para-hydroxylation sites is 2. The highest BCUT2D eigenvalue weighted by atomic mass is 16.7. The molecule has 1 atom stereocenters. The van der Waals surface area contributed by atoms with Gasteiger partial charge in [0.1, 0.15) is 17.5 Å². The molecule has 5 aromatic rings. The van der Waals surface area contributed by atoms with Crippen LogP contribution in [0.1, 0.15) is 81.8 Å². The largest absolute Gasteiger partial charge is 0.444 e. The van der Waals surface area contributed by atoms with Crippen molar-refractivity contribution in [3.8, 4) is 0 Å². The lowest BCUT2D eigenvalue weighted by atomic mass is 9.80. The molecule has 8 nitrogen and oxygen atoms in total. The Morgan fingerprint density at radius 2 is 1.32 bits per heavy atom. The summed E-state index contributed by atoms with van der Waals surface area (Å²) >= 11 is 0. The van der Waals surface area contributed by atoms with Gasteiger partial charge in [0, 0.05) is 13.0 Å². The Morgan fingerprint density at radius 1 is 0.780 bits per heavy atom. The van der Waals surface area contributed by atoms with Gasteiger partial charge in [-0.15, -0.1) is 0 Å². The van der Waals surface area contributed by atoms with E-state index in [0.29, 0.717) is 12.3 Å². The van der Waals surface area contributed by atoms with Crippen molar-refractivity contribution in [3.05, 3.63) is 138 Å². The number of hydroxylamine groups is 1. The van der Waals surface area contributed by atoms with Crippen LogP contribution in [-0.2, 0) is 32.9 Å². The fourth-order valence-corrected chi connectivity index (χ4v) is 7.03. The van der Waals surface area contributed by atoms with E-state index in [0.717, 1.165) is 40.1 Å². The lowest BCUT2D eigenvalue weighted by Gasteiger charge is -2.35. The third-order valence-corrected chi connectivity index (χ3v) is 9.41. The van der Waals surface area contributed by atoms with Crippen LogP contribution in [-0.4, -0.2) is 33.2 Å². The molecule has 0 bridgehead atoms. The minimum atomic E-state index is -1.18. The zero-order valence-corrected chi connectivity index (χ0v) is 29.3. The van der Waals surface area contributed by atoms with Gasteiger partial charge in [-0.3, -0.25) is 9.63 Å². The molecule has 0 aliphatic heterocycles. The first-order valence-electron chi connectivity index (χ1n) is 17.8. The predicted molar refractivity (Wildman–Crippen MR) is 196 cm³/mol. The summed E-state index contributed by atoms with van der Waals surface area (Å²) in [6.07, 6.45) is 6.31. The van der Waals surface area contributed by atoms with Crippen LogP contribution >= 0.6 is 0 Å². The molecule has 4 aromatic carbocycles. The molecular formula is C42H48N4O4. The number of aryl methyl sites for hydroxylation is 1. The van der Waals surface area contributed by atoms with Crippen molar-refractivity contribution < 1.29 is 19.2 Å². The van der Waals surface area contributed by atoms with Gasteiger partial charge in [0.15, 0.2) is 5.60 Å². The second kappa shape index (κ2) is 15.7. The number of hydrogen-bond donors (Lipinski definition) is 2. The zero-order valence-electron chi connectivity index (χ0n) is 29.3. The Balaban J connectivity index is 1.30. The van der Waals surface area contributed by atoms with E-state index >= 15 is 0 Å². The van der Waals surface area contributed by atoms with Crippen LogP contribution in [0.4, 0.5) is 4.79 Å². The van der Waals surface area contributed by atoms with Gasteiger partial charge in [0.2, 0.25) is 0 Å². The van der Waals surface area contributed by atoms with E-state index < -0.39 is 29.2 Å². The molecule has 1 fully saturated rings. The van der Waals surface area contributed by atoms with Crippen LogP contribution in [0.5, 0.6) is 0 Å². The fourth-order valence-electron chi connectivity index (χ4n) is 7.03. The molecule has 2 amide bonds. The van der Waals surface area contributed by atoms with Gasteiger partial charge < -0.3 is 14.6 Å². The number of hydrogen-bond acceptors (Lipinski definition) is 5. The SMILES string of the molecule is CC(C)(C)OC(=O)NC(CCc1nc2ccccc2n1CC1CCCCC1)C(=O)NOC(c1ccccc1)(c1ccccc1)c1ccccc1. The van der Waals surface area contributed by atoms with Crippen molar-refractivity contribution >= 4 is 23.0 Å². The zero-order chi connectivity index (χ0) is 35.0. The number of imidazole rings is 1. The average Bonchev–Trinajstić information content (AvgIpc) is 3.48. The number of nitrogens with zero attached hydrogens (tertiary/aromatic N) is 2. The molecule has 260 valence electrons. The molecule has 50 heavy (non-hydrogen) atoms. The van der Waals surface area contributed by atoms with E-state index in [1.165, 1.54) is 32.1 Å². The number of carbonyl (C=O) groups is 2. The highest BCUT2D eigenvalue weighted by Crippen LogP contribution is 2.39. The second-order valence-corrected chi connectivity index (χ2v) is 14.2. The quantitative estimate of drug-likeness (QED) is 0.102. The molecule has 0 radical (unpaired) electrons. The van der Waals surface area contributed by atoms with Crippen LogP contribution in [0, 0.1) is 5.92 Å². The van der Waals surface area contributed by atoms with Gasteiger partial charge in [-0.25, -0.2) is 15.3 Å². The first-order chi connectivity index (χ1) is 24.2. The summed E-state index contributed by atoms with van der Waals surface area (Å²) in [7, 11) is 0. The van der Waals surface area contributed by atoms with Gasteiger partial charge in [0.05, 0.1) is 11.0 Å². The number of ether oxygens (including phenoxy) is 1. The summed E-state index contributed by atoms with van der Waals surface area (Å²) in [5, 5.41) is 2.84. The molecule has 0 spiro atoms. The molecule has 1 aromatic heterocycles. The maximum Gasteiger partial charge on any atom is 0.408 e. The Bertz CT molecular complexity index is 1750. The second-order valence-electron chi connectivity index (χ2n) is 14.2. The summed E-state index contributed by atoms with van der Waals surface area (Å²) in [5.41, 5.74) is 5.42. The molecule has 1 heterocycles. The van der Waals surface area contributed by atoms with Crippen molar-refractivity contribution in [1.29, 1.82) is 0 Å². The molecule has 1 saturated carbocycles. The first kappa shape index (κ1) is 34.9. The maximum absolute atomic E-state index is 14.2. The summed E-state index contributed by atoms with van der Waals surface area (Å²) in [6, 6.07) is 36.7. The number of nitrogens with one attached hydrogen (secondary N) is 2. The van der Waals surface area contributed by atoms with Crippen LogP contribution < -0.4 is 10.8 Å². The number of fused-ring (bicyclic) bond motifs is 1. The van der Waals surface area contributed by atoms with Crippen molar-refractivity contribution in [1.82, 2.24) is 20.3 Å². The molecule has 8 heteroatoms. The van der Waals surface area contributed by atoms with Crippen molar-refractivity contribution in [3.63, 3.8) is 0 Å². The summed E-state index contributed by atoms with van der Waals surface area (Å²) < 4.78 is 7.92. The van der Waals surface area contributed by atoms with Crippen LogP contribution in [0.15, 0.2) is 115 Å². The Kier molecular flexibility index (Phi) is 11.0. The number of alkyl carbamates (subject to hydrolysis) is 1. The number of amides is 2. The highest BCUT2D eigenvalue weighted by molar-refractivity contribution is 5.85. The van der Waals surface area contributed by atoms with Crippen molar-refractivity contribution in [2.45, 2.75) is 89.5 Å². The standard InChI is InChI=1S/C42H48N4O4/c1-41(2,3)49-40(48)44-36(28-29-38-43-35-26-16-17-27-37(35)46(38)30-31-18-8-4-9-19-31)39(47)45-50-42(32-20-10-5-11-21-32,33-22-12-6-13-23-33)34-24-14-7-15-25-34/h5-7,10-17,20-27,31,36H,4,8-9,18-19,28-30H2,1-3H3,(H,44,48)(H,45,47). The summed E-state index contributed by atoms with van der Waals surface area (Å²) in [6.45, 7) is 6.29. The van der Waals surface area contributed by atoms with Gasteiger partial charge in [-0.1, -0.05) is 122 Å². The first-order valence-corrected chi connectivity index (χ1v) is 17.8. The molecule has 0 saturated heterocycles. The maximum atomic E-state index is 14.2. The van der Waals surface area contributed by atoms with Crippen molar-refractivity contribution in [2.75, 3.05) is 0 Å². The van der Waals surface area contributed by atoms with E-state index in [9.17, 15) is 9.59 Å². The molecular weight excluding hydrogens is 624 g/mol. The molecule has 1 aliphatic rings. The highest BCUT2D eigenvalue weighted by Gasteiger charge is 2.40. The number of aromatic nitrogens is 2. The predicted octanol–water partition coefficient (Wildman–Crippen LogP) is 8.48. The molecule has 1 unspecified atom stereocenters. The Morgan fingerprint density at radius 3 is 1.88 bits per heavy atom. The number of carbonyl (C=O) groups excluding carboxylic acids is 2. The monoisotopic (exact) mass is 672 g/mol. The summed E-state index contributed by atoms with van der Waals surface area (Å²) in [4.78, 5) is 39.0. The normalized spacial score (nSPS) is 14.6. The van der Waals surface area contributed by atoms with Gasteiger partial charge >= 0.3 is 6.09 Å². The average molecular weight is 673 g/mol.